The van der Waals surface area contributed by atoms with E-state index in [1.54, 1.807) is 11.3 Å². The van der Waals surface area contributed by atoms with Gasteiger partial charge in [0.25, 0.3) is 0 Å². The summed E-state index contributed by atoms with van der Waals surface area (Å²) in [4.78, 5) is 19.8. The van der Waals surface area contributed by atoms with Crippen molar-refractivity contribution in [1.82, 2.24) is 9.88 Å². The second-order valence-corrected chi connectivity index (χ2v) is 9.15. The molecule has 1 fully saturated rings. The Hall–Kier alpha value is -3.44. The van der Waals surface area contributed by atoms with Gasteiger partial charge in [0.1, 0.15) is 11.6 Å². The molecule has 1 unspecified atom stereocenters. The number of rotatable bonds is 6. The molecule has 1 aromatic heterocycles. The van der Waals surface area contributed by atoms with Crippen molar-refractivity contribution in [2.45, 2.75) is 31.4 Å². The van der Waals surface area contributed by atoms with Crippen LogP contribution in [0.25, 0.3) is 0 Å². The molecule has 1 aliphatic heterocycles. The molecule has 2 heterocycles. The molecule has 5 rings (SSSR count). The number of likely N-dealkylation sites (tertiary alicyclic amines) is 1. The maximum absolute atomic E-state index is 12.9. The van der Waals surface area contributed by atoms with Crippen molar-refractivity contribution in [3.8, 4) is 0 Å². The Bertz CT molecular complexity index is 1140. The van der Waals surface area contributed by atoms with E-state index < -0.39 is 0 Å². The maximum Gasteiger partial charge on any atom is 0.410 e. The summed E-state index contributed by atoms with van der Waals surface area (Å²) < 4.78 is 5.62. The van der Waals surface area contributed by atoms with E-state index in [0.717, 1.165) is 29.1 Å². The lowest BCUT2D eigenvalue weighted by Crippen LogP contribution is -2.31. The standard InChI is InChI=1S/C28H26N2O2S/c31-28(32-19-21-11-4-1-5-12-21)30-18-10-17-25(30)27-29-24(20-33-27)26(22-13-6-2-7-14-22)23-15-8-3-9-16-23/h1-9,11-16,20,25-26H,10,17-19H2. The Labute approximate surface area is 198 Å². The number of thiazole rings is 1. The summed E-state index contributed by atoms with van der Waals surface area (Å²) in [5.41, 5.74) is 4.45. The number of aromatic nitrogens is 1. The van der Waals surface area contributed by atoms with Crippen LogP contribution in [0.3, 0.4) is 0 Å². The lowest BCUT2D eigenvalue weighted by molar-refractivity contribution is 0.0920. The molecule has 0 spiro atoms. The van der Waals surface area contributed by atoms with Crippen molar-refractivity contribution in [1.29, 1.82) is 0 Å². The fraction of sp³-hybridized carbons (Fsp3) is 0.214. The zero-order valence-corrected chi connectivity index (χ0v) is 19.2. The molecule has 166 valence electrons. The number of carbonyl (C=O) groups excluding carboxylic acids is 1. The fourth-order valence-corrected chi connectivity index (χ4v) is 5.45. The van der Waals surface area contributed by atoms with Crippen molar-refractivity contribution < 1.29 is 9.53 Å². The minimum atomic E-state index is -0.263. The molecule has 1 aliphatic rings. The highest BCUT2D eigenvalue weighted by Crippen LogP contribution is 2.38. The largest absolute Gasteiger partial charge is 0.445 e. The highest BCUT2D eigenvalue weighted by atomic mass is 32.1. The summed E-state index contributed by atoms with van der Waals surface area (Å²) in [6.45, 7) is 0.990. The number of benzene rings is 3. The van der Waals surface area contributed by atoms with Gasteiger partial charge in [-0.15, -0.1) is 11.3 Å². The van der Waals surface area contributed by atoms with E-state index >= 15 is 0 Å². The van der Waals surface area contributed by atoms with E-state index in [4.69, 9.17) is 9.72 Å². The second-order valence-electron chi connectivity index (χ2n) is 8.26. The minimum Gasteiger partial charge on any atom is -0.445 e. The smallest absolute Gasteiger partial charge is 0.410 e. The third kappa shape index (κ3) is 4.83. The van der Waals surface area contributed by atoms with E-state index in [0.29, 0.717) is 6.54 Å². The molecular weight excluding hydrogens is 428 g/mol. The van der Waals surface area contributed by atoms with E-state index in [1.165, 1.54) is 11.1 Å². The Balaban J connectivity index is 1.36. The van der Waals surface area contributed by atoms with Gasteiger partial charge < -0.3 is 4.74 Å². The molecular formula is C28H26N2O2S. The summed E-state index contributed by atoms with van der Waals surface area (Å²) in [5.74, 6) is 0.0669. The first-order chi connectivity index (χ1) is 16.3. The van der Waals surface area contributed by atoms with E-state index in [9.17, 15) is 4.79 Å². The van der Waals surface area contributed by atoms with Crippen molar-refractivity contribution in [3.05, 3.63) is 124 Å². The van der Waals surface area contributed by atoms with Crippen LogP contribution in [-0.2, 0) is 11.3 Å². The third-order valence-corrected chi connectivity index (χ3v) is 7.04. The van der Waals surface area contributed by atoms with Crippen molar-refractivity contribution in [3.63, 3.8) is 0 Å². The van der Waals surface area contributed by atoms with Crippen LogP contribution in [-0.4, -0.2) is 22.5 Å². The first-order valence-electron chi connectivity index (χ1n) is 11.3. The first kappa shape index (κ1) is 21.4. The molecule has 3 aromatic carbocycles. The Morgan fingerprint density at radius 3 is 2.18 bits per heavy atom. The molecule has 0 saturated carbocycles. The predicted molar refractivity (Wildman–Crippen MR) is 131 cm³/mol. The van der Waals surface area contributed by atoms with Gasteiger partial charge in [0.15, 0.2) is 0 Å². The number of amides is 1. The van der Waals surface area contributed by atoms with Gasteiger partial charge >= 0.3 is 6.09 Å². The van der Waals surface area contributed by atoms with Gasteiger partial charge in [-0.3, -0.25) is 4.90 Å². The topological polar surface area (TPSA) is 42.4 Å². The number of nitrogens with zero attached hydrogens (tertiary/aromatic N) is 2. The molecule has 0 aliphatic carbocycles. The van der Waals surface area contributed by atoms with Crippen LogP contribution in [0.15, 0.2) is 96.4 Å². The first-order valence-corrected chi connectivity index (χ1v) is 12.2. The summed E-state index contributed by atoms with van der Waals surface area (Å²) in [6, 6.07) is 30.7. The van der Waals surface area contributed by atoms with Gasteiger partial charge in [-0.2, -0.15) is 0 Å². The molecule has 1 saturated heterocycles. The number of hydrogen-bond acceptors (Lipinski definition) is 4. The Kier molecular flexibility index (Phi) is 6.49. The highest BCUT2D eigenvalue weighted by molar-refractivity contribution is 7.09. The summed E-state index contributed by atoms with van der Waals surface area (Å²) in [5, 5.41) is 3.13. The Morgan fingerprint density at radius 1 is 0.939 bits per heavy atom. The molecule has 0 bridgehead atoms. The van der Waals surface area contributed by atoms with Crippen molar-refractivity contribution in [2.75, 3.05) is 6.54 Å². The van der Waals surface area contributed by atoms with Gasteiger partial charge in [0.2, 0.25) is 0 Å². The highest BCUT2D eigenvalue weighted by Gasteiger charge is 2.34. The van der Waals surface area contributed by atoms with Gasteiger partial charge in [-0.1, -0.05) is 91.0 Å². The molecule has 1 atom stereocenters. The quantitative estimate of drug-likeness (QED) is 0.322. The van der Waals surface area contributed by atoms with E-state index in [2.05, 4.69) is 53.9 Å². The zero-order valence-electron chi connectivity index (χ0n) is 18.3. The fourth-order valence-electron chi connectivity index (χ4n) is 4.46. The molecule has 0 N–H and O–H groups in total. The molecule has 4 aromatic rings. The van der Waals surface area contributed by atoms with Crippen LogP contribution >= 0.6 is 11.3 Å². The summed E-state index contributed by atoms with van der Waals surface area (Å²) in [6.07, 6.45) is 1.61. The van der Waals surface area contributed by atoms with Crippen molar-refractivity contribution in [2.24, 2.45) is 0 Å². The van der Waals surface area contributed by atoms with E-state index in [-0.39, 0.29) is 24.7 Å². The molecule has 4 nitrogen and oxygen atoms in total. The van der Waals surface area contributed by atoms with Gasteiger partial charge in [-0.25, -0.2) is 9.78 Å². The van der Waals surface area contributed by atoms with E-state index in [1.807, 2.05) is 47.4 Å². The number of carbonyl (C=O) groups is 1. The predicted octanol–water partition coefficient (Wildman–Crippen LogP) is 6.80. The maximum atomic E-state index is 12.9. The van der Waals surface area contributed by atoms with Crippen molar-refractivity contribution >= 4 is 17.4 Å². The average molecular weight is 455 g/mol. The van der Waals surface area contributed by atoms with Gasteiger partial charge in [0.05, 0.1) is 17.7 Å². The normalized spacial score (nSPS) is 15.7. The third-order valence-electron chi connectivity index (χ3n) is 6.08. The molecule has 0 radical (unpaired) electrons. The average Bonchev–Trinajstić information content (AvgIpc) is 3.55. The lowest BCUT2D eigenvalue weighted by atomic mass is 9.89. The zero-order chi connectivity index (χ0) is 22.5. The SMILES string of the molecule is O=C(OCc1ccccc1)N1CCCC1c1nc(C(c2ccccc2)c2ccccc2)cs1. The van der Waals surface area contributed by atoms with Gasteiger partial charge in [-0.05, 0) is 29.5 Å². The van der Waals surface area contributed by atoms with Crippen LogP contribution in [0.4, 0.5) is 4.79 Å². The summed E-state index contributed by atoms with van der Waals surface area (Å²) in [7, 11) is 0. The van der Waals surface area contributed by atoms with Crippen LogP contribution < -0.4 is 0 Å². The monoisotopic (exact) mass is 454 g/mol. The number of ether oxygens (including phenoxy) is 1. The Morgan fingerprint density at radius 2 is 1.55 bits per heavy atom. The van der Waals surface area contributed by atoms with Crippen LogP contribution in [0.5, 0.6) is 0 Å². The summed E-state index contributed by atoms with van der Waals surface area (Å²) >= 11 is 1.64. The lowest BCUT2D eigenvalue weighted by Gasteiger charge is -2.22. The second kappa shape index (κ2) is 10.0. The molecule has 33 heavy (non-hydrogen) atoms. The van der Waals surface area contributed by atoms with Crippen LogP contribution in [0.1, 0.15) is 52.2 Å². The molecule has 5 heteroatoms. The van der Waals surface area contributed by atoms with Gasteiger partial charge in [0, 0.05) is 11.9 Å². The molecule has 1 amide bonds. The number of hydrogen-bond donors (Lipinski definition) is 0. The minimum absolute atomic E-state index is 0.0285. The van der Waals surface area contributed by atoms with Crippen LogP contribution in [0, 0.1) is 0 Å². The van der Waals surface area contributed by atoms with Crippen LogP contribution in [0.2, 0.25) is 0 Å².